The van der Waals surface area contributed by atoms with E-state index in [0.717, 1.165) is 5.56 Å². The number of imidazole rings is 1. The Labute approximate surface area is 92.1 Å². The summed E-state index contributed by atoms with van der Waals surface area (Å²) in [5.74, 6) is 0.576. The zero-order valence-electron chi connectivity index (χ0n) is 8.12. The number of carbonyl (C=O) groups excluding carboxylic acids is 1. The molecule has 15 heavy (non-hydrogen) atoms. The molecule has 4 heteroatoms. The number of hydrogen-bond acceptors (Lipinski definition) is 2. The molecule has 2 rings (SSSR count). The molecule has 1 aromatic carbocycles. The number of nitrogens with zero attached hydrogens (tertiary/aromatic N) is 1. The summed E-state index contributed by atoms with van der Waals surface area (Å²) < 4.78 is 0. The molecule has 76 valence electrons. The van der Waals surface area contributed by atoms with Crippen LogP contribution in [0.15, 0.2) is 30.5 Å². The van der Waals surface area contributed by atoms with Gasteiger partial charge in [-0.25, -0.2) is 4.98 Å². The lowest BCUT2D eigenvalue weighted by Crippen LogP contribution is -1.91. The molecule has 3 nitrogen and oxygen atoms in total. The van der Waals surface area contributed by atoms with Crippen molar-refractivity contribution >= 4 is 17.4 Å². The van der Waals surface area contributed by atoms with Crippen LogP contribution in [-0.4, -0.2) is 15.8 Å². The van der Waals surface area contributed by atoms with Crippen molar-refractivity contribution in [1.82, 2.24) is 9.97 Å². The van der Waals surface area contributed by atoms with Crippen LogP contribution >= 0.6 is 11.6 Å². The third-order valence-corrected chi connectivity index (χ3v) is 2.41. The van der Waals surface area contributed by atoms with Crippen LogP contribution in [-0.2, 0) is 0 Å². The molecule has 0 amide bonds. The summed E-state index contributed by atoms with van der Waals surface area (Å²) in [6.07, 6.45) is 1.51. The molecule has 0 radical (unpaired) electrons. The van der Waals surface area contributed by atoms with Gasteiger partial charge in [0, 0.05) is 12.5 Å². The normalized spacial score (nSPS) is 10.3. The molecule has 2 aromatic rings. The summed E-state index contributed by atoms with van der Waals surface area (Å²) in [7, 11) is 0. The van der Waals surface area contributed by atoms with Crippen molar-refractivity contribution in [2.75, 3.05) is 0 Å². The topological polar surface area (TPSA) is 45.8 Å². The maximum atomic E-state index is 11.1. The zero-order valence-corrected chi connectivity index (χ0v) is 8.88. The van der Waals surface area contributed by atoms with Crippen LogP contribution in [0.25, 0.3) is 11.4 Å². The SMILES string of the molecule is CC(=O)c1cnc(-c2ccccc2Cl)[nH]1. The van der Waals surface area contributed by atoms with E-state index in [1.165, 1.54) is 13.1 Å². The maximum Gasteiger partial charge on any atom is 0.177 e. The summed E-state index contributed by atoms with van der Waals surface area (Å²) in [5, 5.41) is 0.613. The third kappa shape index (κ3) is 1.92. The van der Waals surface area contributed by atoms with Gasteiger partial charge in [0.2, 0.25) is 0 Å². The van der Waals surface area contributed by atoms with Crippen molar-refractivity contribution in [2.45, 2.75) is 6.92 Å². The zero-order chi connectivity index (χ0) is 10.8. The number of H-pyrrole nitrogens is 1. The van der Waals surface area contributed by atoms with Gasteiger partial charge in [-0.15, -0.1) is 0 Å². The fourth-order valence-electron chi connectivity index (χ4n) is 1.29. The number of nitrogens with one attached hydrogen (secondary N) is 1. The number of ketones is 1. The number of benzene rings is 1. The molecule has 0 saturated heterocycles. The highest BCUT2D eigenvalue weighted by Crippen LogP contribution is 2.24. The summed E-state index contributed by atoms with van der Waals surface area (Å²) in [4.78, 5) is 18.1. The standard InChI is InChI=1S/C11H9ClN2O/c1-7(15)10-6-13-11(14-10)8-4-2-3-5-9(8)12/h2-6H,1H3,(H,13,14). The average Bonchev–Trinajstić information content (AvgIpc) is 2.67. The second-order valence-corrected chi connectivity index (χ2v) is 3.59. The van der Waals surface area contributed by atoms with Crippen LogP contribution < -0.4 is 0 Å². The van der Waals surface area contributed by atoms with E-state index in [2.05, 4.69) is 9.97 Å². The Morgan fingerprint density at radius 2 is 2.13 bits per heavy atom. The number of aromatic amines is 1. The van der Waals surface area contributed by atoms with Crippen LogP contribution in [0.2, 0.25) is 5.02 Å². The molecule has 0 saturated carbocycles. The van der Waals surface area contributed by atoms with Gasteiger partial charge in [0.05, 0.1) is 11.2 Å². The van der Waals surface area contributed by atoms with Gasteiger partial charge in [-0.1, -0.05) is 23.7 Å². The summed E-state index contributed by atoms with van der Waals surface area (Å²) in [6, 6.07) is 7.36. The molecule has 0 aliphatic heterocycles. The Morgan fingerprint density at radius 3 is 2.73 bits per heavy atom. The lowest BCUT2D eigenvalue weighted by Gasteiger charge is -1.98. The first-order valence-corrected chi connectivity index (χ1v) is 4.87. The number of halogens is 1. The molecule has 1 aromatic heterocycles. The van der Waals surface area contributed by atoms with Crippen LogP contribution in [0.1, 0.15) is 17.4 Å². The molecule has 0 aliphatic rings. The largest absolute Gasteiger partial charge is 0.336 e. The first-order valence-electron chi connectivity index (χ1n) is 4.49. The molecule has 0 bridgehead atoms. The average molecular weight is 221 g/mol. The lowest BCUT2D eigenvalue weighted by molar-refractivity contribution is 0.101. The molecule has 0 unspecified atom stereocenters. The molecule has 1 heterocycles. The van der Waals surface area contributed by atoms with Gasteiger partial charge in [-0.3, -0.25) is 4.79 Å². The smallest absolute Gasteiger partial charge is 0.177 e. The van der Waals surface area contributed by atoms with E-state index in [1.807, 2.05) is 18.2 Å². The van der Waals surface area contributed by atoms with E-state index in [1.54, 1.807) is 6.07 Å². The number of Topliss-reactive ketones (excluding diaryl/α,β-unsaturated/α-hetero) is 1. The fraction of sp³-hybridized carbons (Fsp3) is 0.0909. The Balaban J connectivity index is 2.46. The van der Waals surface area contributed by atoms with Crippen molar-refractivity contribution in [3.05, 3.63) is 41.2 Å². The van der Waals surface area contributed by atoms with E-state index in [-0.39, 0.29) is 5.78 Å². The van der Waals surface area contributed by atoms with Crippen molar-refractivity contribution in [1.29, 1.82) is 0 Å². The lowest BCUT2D eigenvalue weighted by atomic mass is 10.2. The molecule has 0 atom stereocenters. The highest BCUT2D eigenvalue weighted by atomic mass is 35.5. The highest BCUT2D eigenvalue weighted by molar-refractivity contribution is 6.33. The number of hydrogen-bond donors (Lipinski definition) is 1. The molecule has 1 N–H and O–H groups in total. The van der Waals surface area contributed by atoms with E-state index >= 15 is 0 Å². The minimum Gasteiger partial charge on any atom is -0.336 e. The fourth-order valence-corrected chi connectivity index (χ4v) is 1.52. The quantitative estimate of drug-likeness (QED) is 0.791. The van der Waals surface area contributed by atoms with Crippen molar-refractivity contribution < 1.29 is 4.79 Å². The molecular formula is C11H9ClN2O. The van der Waals surface area contributed by atoms with Gasteiger partial charge in [-0.05, 0) is 12.1 Å². The number of rotatable bonds is 2. The Kier molecular flexibility index (Phi) is 2.56. The Morgan fingerprint density at radius 1 is 1.40 bits per heavy atom. The van der Waals surface area contributed by atoms with Gasteiger partial charge < -0.3 is 4.98 Å². The van der Waals surface area contributed by atoms with E-state index in [0.29, 0.717) is 16.5 Å². The maximum absolute atomic E-state index is 11.1. The Hall–Kier alpha value is -1.61. The predicted octanol–water partition coefficient (Wildman–Crippen LogP) is 2.93. The van der Waals surface area contributed by atoms with E-state index in [4.69, 9.17) is 11.6 Å². The van der Waals surface area contributed by atoms with E-state index in [9.17, 15) is 4.79 Å². The van der Waals surface area contributed by atoms with Crippen LogP contribution in [0.3, 0.4) is 0 Å². The van der Waals surface area contributed by atoms with Crippen molar-refractivity contribution in [3.8, 4) is 11.4 Å². The molecular weight excluding hydrogens is 212 g/mol. The van der Waals surface area contributed by atoms with Crippen LogP contribution in [0.4, 0.5) is 0 Å². The molecule has 0 spiro atoms. The van der Waals surface area contributed by atoms with Crippen molar-refractivity contribution in [2.24, 2.45) is 0 Å². The van der Waals surface area contributed by atoms with Crippen LogP contribution in [0.5, 0.6) is 0 Å². The molecule has 0 fully saturated rings. The predicted molar refractivity (Wildman–Crippen MR) is 59.0 cm³/mol. The first kappa shape index (κ1) is 9.93. The van der Waals surface area contributed by atoms with Gasteiger partial charge in [-0.2, -0.15) is 0 Å². The Bertz CT molecular complexity index is 505. The van der Waals surface area contributed by atoms with Crippen molar-refractivity contribution in [3.63, 3.8) is 0 Å². The van der Waals surface area contributed by atoms with Gasteiger partial charge >= 0.3 is 0 Å². The molecule has 0 aliphatic carbocycles. The van der Waals surface area contributed by atoms with Gasteiger partial charge in [0.15, 0.2) is 5.78 Å². The van der Waals surface area contributed by atoms with Crippen LogP contribution in [0, 0.1) is 0 Å². The minimum absolute atomic E-state index is 0.0409. The summed E-state index contributed by atoms with van der Waals surface area (Å²) in [5.41, 5.74) is 1.29. The number of aromatic nitrogens is 2. The number of carbonyl (C=O) groups is 1. The second kappa shape index (κ2) is 3.87. The van der Waals surface area contributed by atoms with Gasteiger partial charge in [0.1, 0.15) is 11.5 Å². The summed E-state index contributed by atoms with van der Waals surface area (Å²) >= 11 is 6.00. The summed E-state index contributed by atoms with van der Waals surface area (Å²) in [6.45, 7) is 1.49. The highest BCUT2D eigenvalue weighted by Gasteiger charge is 2.08. The monoisotopic (exact) mass is 220 g/mol. The third-order valence-electron chi connectivity index (χ3n) is 2.08. The first-order chi connectivity index (χ1) is 7.18. The van der Waals surface area contributed by atoms with E-state index < -0.39 is 0 Å². The van der Waals surface area contributed by atoms with Gasteiger partial charge in [0.25, 0.3) is 0 Å². The minimum atomic E-state index is -0.0409. The second-order valence-electron chi connectivity index (χ2n) is 3.18.